The Hall–Kier alpha value is -2.38. The Labute approximate surface area is 120 Å². The number of aromatic nitrogens is 2. The highest BCUT2D eigenvalue weighted by Crippen LogP contribution is 2.32. The molecule has 20 heavy (non-hydrogen) atoms. The molecule has 1 aromatic heterocycles. The van der Waals surface area contributed by atoms with Crippen molar-refractivity contribution in [2.45, 2.75) is 6.92 Å². The smallest absolute Gasteiger partial charge is 0.243 e. The number of anilines is 2. The highest BCUT2D eigenvalue weighted by Gasteiger charge is 2.11. The van der Waals surface area contributed by atoms with E-state index in [2.05, 4.69) is 20.7 Å². The van der Waals surface area contributed by atoms with Gasteiger partial charge >= 0.3 is 0 Å². The molecule has 1 aromatic carbocycles. The van der Waals surface area contributed by atoms with Crippen LogP contribution in [0.25, 0.3) is 0 Å². The first-order valence-corrected chi connectivity index (χ1v) is 6.01. The molecule has 104 valence electrons. The number of nitrogen functional groups attached to an aromatic ring is 1. The molecule has 0 saturated heterocycles. The summed E-state index contributed by atoms with van der Waals surface area (Å²) in [7, 11) is 0. The maximum Gasteiger partial charge on any atom is 0.243 e. The summed E-state index contributed by atoms with van der Waals surface area (Å²) in [4.78, 5) is 19.0. The predicted molar refractivity (Wildman–Crippen MR) is 75.7 cm³/mol. The number of hydrazine groups is 1. The SMILES string of the molecule is CC(=O)Nc1ccccc1Oc1nc(NN)ncc1Cl. The van der Waals surface area contributed by atoms with Crippen molar-refractivity contribution < 1.29 is 9.53 Å². The standard InChI is InChI=1S/C12H12ClN5O2/c1-7(19)16-9-4-2-3-5-10(9)20-11-8(13)6-15-12(17-11)18-14/h2-6H,14H2,1H3,(H,16,19)(H,15,17,18). The number of amides is 1. The highest BCUT2D eigenvalue weighted by atomic mass is 35.5. The van der Waals surface area contributed by atoms with Gasteiger partial charge in [-0.15, -0.1) is 0 Å². The quantitative estimate of drug-likeness (QED) is 0.590. The van der Waals surface area contributed by atoms with Gasteiger partial charge in [-0.25, -0.2) is 10.8 Å². The topological polar surface area (TPSA) is 102 Å². The van der Waals surface area contributed by atoms with Crippen molar-refractivity contribution in [2.75, 3.05) is 10.7 Å². The first kappa shape index (κ1) is 14.0. The summed E-state index contributed by atoms with van der Waals surface area (Å²) in [5, 5.41) is 2.87. The van der Waals surface area contributed by atoms with Gasteiger partial charge < -0.3 is 10.1 Å². The van der Waals surface area contributed by atoms with E-state index < -0.39 is 0 Å². The largest absolute Gasteiger partial charge is 0.435 e. The summed E-state index contributed by atoms with van der Waals surface area (Å²) in [6.07, 6.45) is 1.36. The number of halogens is 1. The van der Waals surface area contributed by atoms with Crippen molar-refractivity contribution in [3.8, 4) is 11.6 Å². The van der Waals surface area contributed by atoms with Gasteiger partial charge in [0.2, 0.25) is 17.7 Å². The first-order chi connectivity index (χ1) is 9.60. The van der Waals surface area contributed by atoms with Crippen LogP contribution in [0.1, 0.15) is 6.92 Å². The number of nitrogens with one attached hydrogen (secondary N) is 2. The second-order valence-corrected chi connectivity index (χ2v) is 4.18. The van der Waals surface area contributed by atoms with E-state index in [0.717, 1.165) is 0 Å². The minimum Gasteiger partial charge on any atom is -0.435 e. The molecule has 1 heterocycles. The average Bonchev–Trinajstić information content (AvgIpc) is 2.43. The lowest BCUT2D eigenvalue weighted by Crippen LogP contribution is -2.11. The summed E-state index contributed by atoms with van der Waals surface area (Å²) >= 11 is 5.96. The van der Waals surface area contributed by atoms with E-state index in [4.69, 9.17) is 22.2 Å². The van der Waals surface area contributed by atoms with Gasteiger partial charge in [-0.2, -0.15) is 4.98 Å². The minimum atomic E-state index is -0.209. The first-order valence-electron chi connectivity index (χ1n) is 5.64. The van der Waals surface area contributed by atoms with Crippen LogP contribution in [0.3, 0.4) is 0 Å². The van der Waals surface area contributed by atoms with Crippen molar-refractivity contribution >= 4 is 29.1 Å². The molecule has 0 spiro atoms. The van der Waals surface area contributed by atoms with E-state index in [0.29, 0.717) is 11.4 Å². The van der Waals surface area contributed by atoms with Crippen molar-refractivity contribution in [3.05, 3.63) is 35.5 Å². The van der Waals surface area contributed by atoms with Gasteiger partial charge in [0.25, 0.3) is 0 Å². The fraction of sp³-hybridized carbons (Fsp3) is 0.0833. The second-order valence-electron chi connectivity index (χ2n) is 3.77. The number of hydrogen-bond acceptors (Lipinski definition) is 6. The number of rotatable bonds is 4. The summed E-state index contributed by atoms with van der Waals surface area (Å²) in [6.45, 7) is 1.41. The van der Waals surface area contributed by atoms with Gasteiger partial charge in [0, 0.05) is 6.92 Å². The van der Waals surface area contributed by atoms with Crippen molar-refractivity contribution in [1.29, 1.82) is 0 Å². The van der Waals surface area contributed by atoms with E-state index in [1.54, 1.807) is 24.3 Å². The molecule has 4 N–H and O–H groups in total. The number of nitrogens with zero attached hydrogens (tertiary/aromatic N) is 2. The zero-order chi connectivity index (χ0) is 14.5. The van der Waals surface area contributed by atoms with Crippen LogP contribution in [0.2, 0.25) is 5.02 Å². The van der Waals surface area contributed by atoms with Gasteiger partial charge in [0.15, 0.2) is 5.75 Å². The molecule has 0 fully saturated rings. The van der Waals surface area contributed by atoms with Gasteiger partial charge in [0.05, 0.1) is 11.9 Å². The fourth-order valence-electron chi connectivity index (χ4n) is 1.45. The van der Waals surface area contributed by atoms with Crippen LogP contribution >= 0.6 is 11.6 Å². The van der Waals surface area contributed by atoms with E-state index in [-0.39, 0.29) is 22.8 Å². The second kappa shape index (κ2) is 6.18. The molecule has 1 amide bonds. The Morgan fingerprint density at radius 3 is 2.85 bits per heavy atom. The number of ether oxygens (including phenoxy) is 1. The lowest BCUT2D eigenvalue weighted by atomic mass is 10.3. The Bertz CT molecular complexity index is 635. The molecule has 8 heteroatoms. The monoisotopic (exact) mass is 293 g/mol. The molecule has 0 saturated carbocycles. The maximum atomic E-state index is 11.1. The van der Waals surface area contributed by atoms with Crippen molar-refractivity contribution in [2.24, 2.45) is 5.84 Å². The van der Waals surface area contributed by atoms with Crippen LogP contribution in [0, 0.1) is 0 Å². The van der Waals surface area contributed by atoms with Gasteiger partial charge in [-0.3, -0.25) is 10.2 Å². The number of para-hydroxylation sites is 2. The predicted octanol–water partition coefficient (Wildman–Crippen LogP) is 2.17. The number of carbonyl (C=O) groups is 1. The number of benzene rings is 1. The van der Waals surface area contributed by atoms with Gasteiger partial charge in [-0.1, -0.05) is 23.7 Å². The molecule has 2 aromatic rings. The van der Waals surface area contributed by atoms with Crippen LogP contribution in [0.4, 0.5) is 11.6 Å². The van der Waals surface area contributed by atoms with Crippen LogP contribution in [0.5, 0.6) is 11.6 Å². The molecule has 0 aliphatic rings. The molecule has 0 bridgehead atoms. The molecule has 0 aliphatic heterocycles. The van der Waals surface area contributed by atoms with Gasteiger partial charge in [0.1, 0.15) is 5.02 Å². The molecule has 0 radical (unpaired) electrons. The fourth-order valence-corrected chi connectivity index (χ4v) is 1.57. The number of carbonyl (C=O) groups excluding carboxylic acids is 1. The summed E-state index contributed by atoms with van der Waals surface area (Å²) < 4.78 is 5.59. The number of nitrogens with two attached hydrogens (primary N) is 1. The average molecular weight is 294 g/mol. The summed E-state index contributed by atoms with van der Waals surface area (Å²) in [5.41, 5.74) is 2.81. The Morgan fingerprint density at radius 1 is 1.40 bits per heavy atom. The molecule has 7 nitrogen and oxygen atoms in total. The third kappa shape index (κ3) is 3.34. The Kier molecular flexibility index (Phi) is 4.34. The van der Waals surface area contributed by atoms with E-state index in [9.17, 15) is 4.79 Å². The van der Waals surface area contributed by atoms with Crippen molar-refractivity contribution in [3.63, 3.8) is 0 Å². The molecule has 2 rings (SSSR count). The van der Waals surface area contributed by atoms with Crippen LogP contribution in [-0.2, 0) is 4.79 Å². The van der Waals surface area contributed by atoms with Crippen LogP contribution in [0.15, 0.2) is 30.5 Å². The van der Waals surface area contributed by atoms with Crippen LogP contribution < -0.4 is 21.3 Å². The van der Waals surface area contributed by atoms with Gasteiger partial charge in [-0.05, 0) is 12.1 Å². The highest BCUT2D eigenvalue weighted by molar-refractivity contribution is 6.31. The summed E-state index contributed by atoms with van der Waals surface area (Å²) in [6, 6.07) is 6.91. The normalized spacial score (nSPS) is 9.95. The lowest BCUT2D eigenvalue weighted by Gasteiger charge is -2.11. The Morgan fingerprint density at radius 2 is 2.15 bits per heavy atom. The molecule has 0 unspecified atom stereocenters. The van der Waals surface area contributed by atoms with Crippen molar-refractivity contribution in [1.82, 2.24) is 9.97 Å². The maximum absolute atomic E-state index is 11.1. The molecular weight excluding hydrogens is 282 g/mol. The van der Waals surface area contributed by atoms with E-state index >= 15 is 0 Å². The van der Waals surface area contributed by atoms with E-state index in [1.165, 1.54) is 13.1 Å². The zero-order valence-electron chi connectivity index (χ0n) is 10.6. The molecular formula is C12H12ClN5O2. The zero-order valence-corrected chi connectivity index (χ0v) is 11.3. The lowest BCUT2D eigenvalue weighted by molar-refractivity contribution is -0.114. The summed E-state index contributed by atoms with van der Waals surface area (Å²) in [5.74, 6) is 5.73. The van der Waals surface area contributed by atoms with Crippen LogP contribution in [-0.4, -0.2) is 15.9 Å². The number of hydrogen-bond donors (Lipinski definition) is 3. The molecule has 0 aliphatic carbocycles. The third-order valence-electron chi connectivity index (χ3n) is 2.25. The molecule has 0 atom stereocenters. The third-order valence-corrected chi connectivity index (χ3v) is 2.50. The minimum absolute atomic E-state index is 0.132. The Balaban J connectivity index is 2.32. The van der Waals surface area contributed by atoms with E-state index in [1.807, 2.05) is 0 Å².